The summed E-state index contributed by atoms with van der Waals surface area (Å²) in [5.41, 5.74) is 0. The molecular formula is C10H19NO. The highest BCUT2D eigenvalue weighted by molar-refractivity contribution is 4.83. The van der Waals surface area contributed by atoms with E-state index in [1.54, 1.807) is 0 Å². The molecule has 0 bridgehead atoms. The van der Waals surface area contributed by atoms with Gasteiger partial charge in [-0.25, -0.2) is 0 Å². The first kappa shape index (κ1) is 9.75. The zero-order valence-corrected chi connectivity index (χ0v) is 8.12. The number of ether oxygens (including phenoxy) is 1. The summed E-state index contributed by atoms with van der Waals surface area (Å²) < 4.78 is 5.58. The Kier molecular flexibility index (Phi) is 3.76. The Hall–Kier alpha value is -0.340. The van der Waals surface area contributed by atoms with Crippen molar-refractivity contribution in [2.24, 2.45) is 0 Å². The van der Waals surface area contributed by atoms with E-state index in [2.05, 4.69) is 25.3 Å². The van der Waals surface area contributed by atoms with Gasteiger partial charge in [-0.05, 0) is 13.3 Å². The third-order valence-corrected chi connectivity index (χ3v) is 2.42. The molecule has 2 heteroatoms. The van der Waals surface area contributed by atoms with E-state index in [1.165, 1.54) is 6.42 Å². The van der Waals surface area contributed by atoms with Crippen LogP contribution in [0.15, 0.2) is 12.7 Å². The zero-order valence-electron chi connectivity index (χ0n) is 8.12. The second-order valence-electron chi connectivity index (χ2n) is 3.45. The van der Waals surface area contributed by atoms with Crippen LogP contribution < -0.4 is 0 Å². The molecule has 1 rings (SSSR count). The quantitative estimate of drug-likeness (QED) is 0.596. The molecular weight excluding hydrogens is 150 g/mol. The molecule has 12 heavy (non-hydrogen) atoms. The van der Waals surface area contributed by atoms with Crippen LogP contribution in [0.3, 0.4) is 0 Å². The molecule has 0 saturated carbocycles. The van der Waals surface area contributed by atoms with Gasteiger partial charge in [0.2, 0.25) is 0 Å². The molecule has 0 N–H and O–H groups in total. The van der Waals surface area contributed by atoms with E-state index in [-0.39, 0.29) is 0 Å². The van der Waals surface area contributed by atoms with Crippen molar-refractivity contribution in [2.75, 3.05) is 19.7 Å². The van der Waals surface area contributed by atoms with Gasteiger partial charge >= 0.3 is 0 Å². The molecule has 1 saturated heterocycles. The molecule has 0 radical (unpaired) electrons. The Morgan fingerprint density at radius 3 is 3.00 bits per heavy atom. The fraction of sp³-hybridized carbons (Fsp3) is 0.800. The number of morpholine rings is 1. The first-order valence-electron chi connectivity index (χ1n) is 4.74. The smallest absolute Gasteiger partial charge is 0.0674 e. The van der Waals surface area contributed by atoms with Crippen molar-refractivity contribution >= 4 is 0 Å². The summed E-state index contributed by atoms with van der Waals surface area (Å²) in [4.78, 5) is 2.45. The summed E-state index contributed by atoms with van der Waals surface area (Å²) in [7, 11) is 0. The van der Waals surface area contributed by atoms with E-state index >= 15 is 0 Å². The van der Waals surface area contributed by atoms with Gasteiger partial charge in [-0.15, -0.1) is 6.58 Å². The molecule has 1 fully saturated rings. The van der Waals surface area contributed by atoms with Crippen LogP contribution in [-0.4, -0.2) is 36.7 Å². The van der Waals surface area contributed by atoms with Crippen LogP contribution in [0, 0.1) is 0 Å². The van der Waals surface area contributed by atoms with E-state index in [1.807, 2.05) is 6.08 Å². The molecule has 0 aromatic rings. The maximum atomic E-state index is 5.58. The van der Waals surface area contributed by atoms with Crippen LogP contribution in [0.4, 0.5) is 0 Å². The topological polar surface area (TPSA) is 12.5 Å². The second kappa shape index (κ2) is 4.63. The molecule has 0 aliphatic carbocycles. The highest BCUT2D eigenvalue weighted by atomic mass is 16.5. The summed E-state index contributed by atoms with van der Waals surface area (Å²) in [6, 6.07) is 0.596. The van der Waals surface area contributed by atoms with Gasteiger partial charge < -0.3 is 4.74 Å². The highest BCUT2D eigenvalue weighted by Crippen LogP contribution is 2.13. The number of hydrogen-bond donors (Lipinski definition) is 0. The minimum absolute atomic E-state index is 0.382. The fourth-order valence-electron chi connectivity index (χ4n) is 1.68. The van der Waals surface area contributed by atoms with Gasteiger partial charge in [-0.1, -0.05) is 13.0 Å². The van der Waals surface area contributed by atoms with Crippen molar-refractivity contribution in [1.29, 1.82) is 0 Å². The highest BCUT2D eigenvalue weighted by Gasteiger charge is 2.23. The van der Waals surface area contributed by atoms with Crippen molar-refractivity contribution in [3.05, 3.63) is 12.7 Å². The first-order chi connectivity index (χ1) is 5.77. The fourth-order valence-corrected chi connectivity index (χ4v) is 1.68. The van der Waals surface area contributed by atoms with Crippen molar-refractivity contribution in [2.45, 2.75) is 32.4 Å². The lowest BCUT2D eigenvalue weighted by Gasteiger charge is -2.37. The predicted molar refractivity (Wildman–Crippen MR) is 51.3 cm³/mol. The van der Waals surface area contributed by atoms with Gasteiger partial charge in [0.25, 0.3) is 0 Å². The van der Waals surface area contributed by atoms with Crippen LogP contribution in [0.2, 0.25) is 0 Å². The van der Waals surface area contributed by atoms with E-state index in [4.69, 9.17) is 4.74 Å². The average molecular weight is 169 g/mol. The number of nitrogens with zero attached hydrogens (tertiary/aromatic N) is 1. The lowest BCUT2D eigenvalue weighted by atomic mass is 10.1. The lowest BCUT2D eigenvalue weighted by Crippen LogP contribution is -2.48. The molecule has 2 unspecified atom stereocenters. The Balaban J connectivity index is 2.45. The van der Waals surface area contributed by atoms with Crippen LogP contribution in [-0.2, 0) is 4.74 Å². The number of rotatable bonds is 3. The summed E-state index contributed by atoms with van der Waals surface area (Å²) in [5.74, 6) is 0. The van der Waals surface area contributed by atoms with E-state index in [0.29, 0.717) is 12.1 Å². The maximum Gasteiger partial charge on any atom is 0.0674 e. The van der Waals surface area contributed by atoms with Crippen molar-refractivity contribution in [1.82, 2.24) is 4.90 Å². The third-order valence-electron chi connectivity index (χ3n) is 2.42. The van der Waals surface area contributed by atoms with Crippen LogP contribution in [0.25, 0.3) is 0 Å². The van der Waals surface area contributed by atoms with Crippen molar-refractivity contribution in [3.63, 3.8) is 0 Å². The van der Waals surface area contributed by atoms with Crippen LogP contribution >= 0.6 is 0 Å². The molecule has 1 heterocycles. The second-order valence-corrected chi connectivity index (χ2v) is 3.45. The monoisotopic (exact) mass is 169 g/mol. The minimum atomic E-state index is 0.382. The van der Waals surface area contributed by atoms with Crippen LogP contribution in [0.5, 0.6) is 0 Å². The first-order valence-corrected chi connectivity index (χ1v) is 4.74. The molecule has 70 valence electrons. The van der Waals surface area contributed by atoms with Gasteiger partial charge in [0.15, 0.2) is 0 Å². The van der Waals surface area contributed by atoms with E-state index in [9.17, 15) is 0 Å². The van der Waals surface area contributed by atoms with Gasteiger partial charge in [0, 0.05) is 19.1 Å². The molecule has 0 aromatic carbocycles. The molecule has 0 spiro atoms. The molecule has 2 atom stereocenters. The minimum Gasteiger partial charge on any atom is -0.376 e. The Morgan fingerprint density at radius 1 is 1.67 bits per heavy atom. The average Bonchev–Trinajstić information content (AvgIpc) is 2.05. The molecule has 2 nitrogen and oxygen atoms in total. The number of hydrogen-bond acceptors (Lipinski definition) is 2. The van der Waals surface area contributed by atoms with Gasteiger partial charge in [0.05, 0.1) is 12.7 Å². The van der Waals surface area contributed by atoms with E-state index in [0.717, 1.165) is 19.7 Å². The Bertz CT molecular complexity index is 147. The van der Waals surface area contributed by atoms with Crippen LogP contribution in [0.1, 0.15) is 20.3 Å². The summed E-state index contributed by atoms with van der Waals surface area (Å²) in [6.07, 6.45) is 3.52. The standard InChI is InChI=1S/C10H19NO/c1-4-6-11-7-9(3)12-8-10(11)5-2/h4,9-10H,1,5-8H2,2-3H3. The SMILES string of the molecule is C=CCN1CC(C)OCC1CC. The van der Waals surface area contributed by atoms with Crippen molar-refractivity contribution < 1.29 is 4.74 Å². The molecule has 0 aromatic heterocycles. The summed E-state index contributed by atoms with van der Waals surface area (Å²) >= 11 is 0. The summed E-state index contributed by atoms with van der Waals surface area (Å²) in [6.45, 7) is 11.0. The Morgan fingerprint density at radius 2 is 2.42 bits per heavy atom. The normalized spacial score (nSPS) is 31.8. The molecule has 0 amide bonds. The van der Waals surface area contributed by atoms with Crippen molar-refractivity contribution in [3.8, 4) is 0 Å². The zero-order chi connectivity index (χ0) is 8.97. The molecule has 1 aliphatic rings. The van der Waals surface area contributed by atoms with E-state index < -0.39 is 0 Å². The van der Waals surface area contributed by atoms with Gasteiger partial charge in [-0.3, -0.25) is 4.90 Å². The largest absolute Gasteiger partial charge is 0.376 e. The predicted octanol–water partition coefficient (Wildman–Crippen LogP) is 1.67. The maximum absolute atomic E-state index is 5.58. The Labute approximate surface area is 75.2 Å². The molecule has 1 aliphatic heterocycles. The summed E-state index contributed by atoms with van der Waals surface area (Å²) in [5, 5.41) is 0. The third kappa shape index (κ3) is 2.32. The van der Waals surface area contributed by atoms with Gasteiger partial charge in [0.1, 0.15) is 0 Å². The van der Waals surface area contributed by atoms with Gasteiger partial charge in [-0.2, -0.15) is 0 Å². The lowest BCUT2D eigenvalue weighted by molar-refractivity contribution is -0.0512.